The Morgan fingerprint density at radius 3 is 2.65 bits per heavy atom. The van der Waals surface area contributed by atoms with Gasteiger partial charge in [-0.2, -0.15) is 0 Å². The maximum Gasteiger partial charge on any atom is 0.307 e. The number of likely N-dealkylation sites (tertiary alicyclic amines) is 1. The quantitative estimate of drug-likeness (QED) is 0.571. The van der Waals surface area contributed by atoms with Crippen molar-refractivity contribution in [3.8, 4) is 0 Å². The van der Waals surface area contributed by atoms with Crippen molar-refractivity contribution in [3.63, 3.8) is 0 Å². The summed E-state index contributed by atoms with van der Waals surface area (Å²) in [5.41, 5.74) is 1.80. The molecule has 0 radical (unpaired) electrons. The summed E-state index contributed by atoms with van der Waals surface area (Å²) in [5, 5.41) is 0. The standard InChI is InChI=1S/C27H41NO3/c1-26-13-10-20(29)18-19(26)6-7-21-22-8-9-24(27(22,2)14-11-23(21)26)31-25(30)12-17-28-15-4-3-5-16-28/h18,21-24H,3-17H2,1-2H3/t21-,22+,23-,24-,26+,27+/m1/s1. The number of carbonyl (C=O) groups excluding carboxylic acids is 2. The highest BCUT2D eigenvalue weighted by atomic mass is 16.5. The fourth-order valence-corrected chi connectivity index (χ4v) is 8.35. The summed E-state index contributed by atoms with van der Waals surface area (Å²) in [7, 11) is 0. The molecule has 172 valence electrons. The molecule has 0 N–H and O–H groups in total. The molecule has 5 aliphatic rings. The molecule has 0 aromatic rings. The first kappa shape index (κ1) is 21.7. The van der Waals surface area contributed by atoms with Crippen LogP contribution in [-0.4, -0.2) is 42.4 Å². The van der Waals surface area contributed by atoms with Crippen molar-refractivity contribution in [2.45, 2.75) is 97.0 Å². The zero-order valence-corrected chi connectivity index (χ0v) is 19.7. The third-order valence-electron chi connectivity index (χ3n) is 10.2. The molecule has 4 aliphatic carbocycles. The van der Waals surface area contributed by atoms with E-state index in [0.717, 1.165) is 51.2 Å². The van der Waals surface area contributed by atoms with Gasteiger partial charge in [-0.15, -0.1) is 0 Å². The minimum Gasteiger partial charge on any atom is -0.462 e. The van der Waals surface area contributed by atoms with Gasteiger partial charge < -0.3 is 9.64 Å². The van der Waals surface area contributed by atoms with Gasteiger partial charge in [-0.05, 0) is 100 Å². The molecule has 4 heteroatoms. The molecule has 1 aliphatic heterocycles. The summed E-state index contributed by atoms with van der Waals surface area (Å²) in [6, 6.07) is 0. The van der Waals surface area contributed by atoms with E-state index < -0.39 is 0 Å². The fraction of sp³-hybridized carbons (Fsp3) is 0.852. The van der Waals surface area contributed by atoms with E-state index in [-0.39, 0.29) is 22.9 Å². The number of hydrogen-bond donors (Lipinski definition) is 0. The highest BCUT2D eigenvalue weighted by Gasteiger charge is 2.59. The molecule has 4 nitrogen and oxygen atoms in total. The molecule has 4 fully saturated rings. The number of piperidine rings is 1. The Morgan fingerprint density at radius 1 is 1.03 bits per heavy atom. The van der Waals surface area contributed by atoms with Gasteiger partial charge in [-0.1, -0.05) is 25.8 Å². The molecule has 31 heavy (non-hydrogen) atoms. The van der Waals surface area contributed by atoms with Gasteiger partial charge in [0.1, 0.15) is 6.10 Å². The predicted octanol–water partition coefficient (Wildman–Crippen LogP) is 5.31. The maximum atomic E-state index is 12.7. The van der Waals surface area contributed by atoms with Crippen LogP contribution in [0.1, 0.15) is 90.9 Å². The lowest BCUT2D eigenvalue weighted by molar-refractivity contribution is -0.160. The first-order valence-corrected chi connectivity index (χ1v) is 13.1. The molecule has 0 aromatic carbocycles. The third kappa shape index (κ3) is 3.81. The van der Waals surface area contributed by atoms with Gasteiger partial charge in [-0.25, -0.2) is 0 Å². The summed E-state index contributed by atoms with van der Waals surface area (Å²) in [6.07, 6.45) is 15.2. The monoisotopic (exact) mass is 427 g/mol. The van der Waals surface area contributed by atoms with Crippen LogP contribution in [0.3, 0.4) is 0 Å². The van der Waals surface area contributed by atoms with Crippen molar-refractivity contribution < 1.29 is 14.3 Å². The average Bonchev–Trinajstić information content (AvgIpc) is 3.10. The predicted molar refractivity (Wildman–Crippen MR) is 121 cm³/mol. The number of ether oxygens (including phenoxy) is 1. The maximum absolute atomic E-state index is 12.7. The molecule has 0 unspecified atom stereocenters. The molecular formula is C27H41NO3. The van der Waals surface area contributed by atoms with Crippen LogP contribution in [0.4, 0.5) is 0 Å². The van der Waals surface area contributed by atoms with E-state index in [0.29, 0.717) is 24.0 Å². The molecular weight excluding hydrogens is 386 g/mol. The van der Waals surface area contributed by atoms with E-state index in [9.17, 15) is 9.59 Å². The highest BCUT2D eigenvalue weighted by molar-refractivity contribution is 5.91. The van der Waals surface area contributed by atoms with Gasteiger partial charge in [0, 0.05) is 18.4 Å². The van der Waals surface area contributed by atoms with Gasteiger partial charge in [0.2, 0.25) is 0 Å². The largest absolute Gasteiger partial charge is 0.462 e. The van der Waals surface area contributed by atoms with E-state index in [1.807, 2.05) is 6.08 Å². The van der Waals surface area contributed by atoms with Crippen LogP contribution >= 0.6 is 0 Å². The van der Waals surface area contributed by atoms with Crippen molar-refractivity contribution in [1.82, 2.24) is 4.90 Å². The van der Waals surface area contributed by atoms with Gasteiger partial charge >= 0.3 is 5.97 Å². The number of fused-ring (bicyclic) bond motifs is 5. The second-order valence-corrected chi connectivity index (χ2v) is 11.7. The van der Waals surface area contributed by atoms with Crippen molar-refractivity contribution in [3.05, 3.63) is 11.6 Å². The minimum absolute atomic E-state index is 0.0196. The van der Waals surface area contributed by atoms with Gasteiger partial charge in [-0.3, -0.25) is 9.59 Å². The molecule has 0 aromatic heterocycles. The van der Waals surface area contributed by atoms with E-state index in [2.05, 4.69) is 18.7 Å². The number of carbonyl (C=O) groups is 2. The lowest BCUT2D eigenvalue weighted by Gasteiger charge is -2.57. The first-order chi connectivity index (χ1) is 14.9. The van der Waals surface area contributed by atoms with Crippen LogP contribution in [0, 0.1) is 28.6 Å². The smallest absolute Gasteiger partial charge is 0.307 e. The van der Waals surface area contributed by atoms with Crippen LogP contribution in [0.2, 0.25) is 0 Å². The fourth-order valence-electron chi connectivity index (χ4n) is 8.35. The van der Waals surface area contributed by atoms with Crippen molar-refractivity contribution in [1.29, 1.82) is 0 Å². The molecule has 5 rings (SSSR count). The molecule has 6 atom stereocenters. The Labute approximate surface area is 188 Å². The molecule has 1 saturated heterocycles. The summed E-state index contributed by atoms with van der Waals surface area (Å²) in [5.74, 6) is 2.45. The van der Waals surface area contributed by atoms with Gasteiger partial charge in [0.05, 0.1) is 6.42 Å². The Hall–Kier alpha value is -1.16. The summed E-state index contributed by atoms with van der Waals surface area (Å²) in [4.78, 5) is 27.2. The van der Waals surface area contributed by atoms with Crippen molar-refractivity contribution >= 4 is 11.8 Å². The molecule has 0 amide bonds. The molecule has 1 heterocycles. The summed E-state index contributed by atoms with van der Waals surface area (Å²) >= 11 is 0. The van der Waals surface area contributed by atoms with Crippen molar-refractivity contribution in [2.24, 2.45) is 28.6 Å². The van der Waals surface area contributed by atoms with Crippen LogP contribution in [0.25, 0.3) is 0 Å². The van der Waals surface area contributed by atoms with Crippen molar-refractivity contribution in [2.75, 3.05) is 19.6 Å². The highest BCUT2D eigenvalue weighted by Crippen LogP contribution is 2.65. The Kier molecular flexibility index (Phi) is 5.82. The minimum atomic E-state index is 0.0196. The van der Waals surface area contributed by atoms with E-state index in [4.69, 9.17) is 4.74 Å². The van der Waals surface area contributed by atoms with Crippen LogP contribution < -0.4 is 0 Å². The van der Waals surface area contributed by atoms with Crippen LogP contribution in [-0.2, 0) is 14.3 Å². The second kappa shape index (κ2) is 8.32. The van der Waals surface area contributed by atoms with E-state index in [1.165, 1.54) is 50.5 Å². The first-order valence-electron chi connectivity index (χ1n) is 13.1. The van der Waals surface area contributed by atoms with E-state index in [1.54, 1.807) is 0 Å². The average molecular weight is 428 g/mol. The molecule has 0 spiro atoms. The third-order valence-corrected chi connectivity index (χ3v) is 10.2. The summed E-state index contributed by atoms with van der Waals surface area (Å²) in [6.45, 7) is 8.00. The number of ketones is 1. The number of allylic oxidation sites excluding steroid dienone is 1. The molecule has 0 bridgehead atoms. The Bertz CT molecular complexity index is 754. The van der Waals surface area contributed by atoms with Crippen LogP contribution in [0.5, 0.6) is 0 Å². The number of esters is 1. The Balaban J connectivity index is 1.23. The van der Waals surface area contributed by atoms with Gasteiger partial charge in [0.25, 0.3) is 0 Å². The zero-order chi connectivity index (χ0) is 21.6. The van der Waals surface area contributed by atoms with Crippen LogP contribution in [0.15, 0.2) is 11.6 Å². The van der Waals surface area contributed by atoms with E-state index >= 15 is 0 Å². The SMILES string of the molecule is C[C@]12CC[C@@H]3[C@H](CCC4=CC(=O)CC[C@@]43C)[C@@H]1CC[C@H]2OC(=O)CCN1CCCCC1. The number of hydrogen-bond acceptors (Lipinski definition) is 4. The summed E-state index contributed by atoms with van der Waals surface area (Å²) < 4.78 is 6.18. The molecule has 3 saturated carbocycles. The lowest BCUT2D eigenvalue weighted by atomic mass is 9.47. The normalized spacial score (nSPS) is 42.9. The Morgan fingerprint density at radius 2 is 1.84 bits per heavy atom. The topological polar surface area (TPSA) is 46.6 Å². The number of rotatable bonds is 4. The second-order valence-electron chi connectivity index (χ2n) is 11.7. The zero-order valence-electron chi connectivity index (χ0n) is 19.7. The lowest BCUT2D eigenvalue weighted by Crippen LogP contribution is -2.51. The van der Waals surface area contributed by atoms with Gasteiger partial charge in [0.15, 0.2) is 5.78 Å². The number of nitrogens with zero attached hydrogens (tertiary/aromatic N) is 1.